The fourth-order valence-electron chi connectivity index (χ4n) is 2.81. The summed E-state index contributed by atoms with van der Waals surface area (Å²) in [6.45, 7) is 1.59. The van der Waals surface area contributed by atoms with Crippen LogP contribution in [-0.4, -0.2) is 63.9 Å². The van der Waals surface area contributed by atoms with Crippen molar-refractivity contribution in [1.82, 2.24) is 9.88 Å². The summed E-state index contributed by atoms with van der Waals surface area (Å²) in [5, 5.41) is 10.4. The maximum atomic E-state index is 12.3. The van der Waals surface area contributed by atoms with Crippen LogP contribution in [0.15, 0.2) is 34.8 Å². The lowest BCUT2D eigenvalue weighted by Crippen LogP contribution is -2.27. The summed E-state index contributed by atoms with van der Waals surface area (Å²) in [6, 6.07) is 4.61. The van der Waals surface area contributed by atoms with Gasteiger partial charge in [0.25, 0.3) is 0 Å². The van der Waals surface area contributed by atoms with Gasteiger partial charge >= 0.3 is 11.9 Å². The highest BCUT2D eigenvalue weighted by atomic mass is 32.2. The summed E-state index contributed by atoms with van der Waals surface area (Å²) < 4.78 is 6.39. The second-order valence-electron chi connectivity index (χ2n) is 6.38. The fourth-order valence-corrected chi connectivity index (χ4v) is 4.90. The average Bonchev–Trinajstić information content (AvgIpc) is 3.28. The van der Waals surface area contributed by atoms with Gasteiger partial charge in [0, 0.05) is 30.5 Å². The Morgan fingerprint density at radius 1 is 1.37 bits per heavy atom. The molecular weight excluding hydrogens is 386 g/mol. The standard InChI is InChI=1S/C18H17N3O4S2/c1-21-6-4-10(5-7-21)18(24)25-11-2-3-12-14(8-11)27-16(19-12)15-20-13(9-26-15)17(22)23/h2-4,8,13H,5-7,9H2,1H3,(H,22,23). The van der Waals surface area contributed by atoms with Crippen LogP contribution >= 0.6 is 23.1 Å². The number of ether oxygens (including phenoxy) is 1. The van der Waals surface area contributed by atoms with E-state index in [4.69, 9.17) is 9.84 Å². The van der Waals surface area contributed by atoms with Gasteiger partial charge in [0.2, 0.25) is 0 Å². The van der Waals surface area contributed by atoms with E-state index in [1.807, 2.05) is 13.1 Å². The van der Waals surface area contributed by atoms with Gasteiger partial charge in [-0.15, -0.1) is 23.1 Å². The first kappa shape index (κ1) is 18.1. The van der Waals surface area contributed by atoms with E-state index in [0.717, 1.165) is 23.3 Å². The number of carboxylic acids is 1. The fraction of sp³-hybridized carbons (Fsp3) is 0.333. The van der Waals surface area contributed by atoms with Crippen LogP contribution in [0.3, 0.4) is 0 Å². The molecule has 0 fully saturated rings. The second kappa shape index (κ2) is 7.41. The van der Waals surface area contributed by atoms with E-state index in [1.54, 1.807) is 18.2 Å². The minimum atomic E-state index is -0.920. The summed E-state index contributed by atoms with van der Waals surface area (Å²) in [7, 11) is 2.01. The average molecular weight is 403 g/mol. The third-order valence-corrected chi connectivity index (χ3v) is 6.57. The maximum absolute atomic E-state index is 12.3. The molecule has 0 radical (unpaired) electrons. The van der Waals surface area contributed by atoms with E-state index in [0.29, 0.717) is 33.5 Å². The van der Waals surface area contributed by atoms with Crippen LogP contribution in [0.25, 0.3) is 10.2 Å². The number of hydrogen-bond acceptors (Lipinski definition) is 8. The highest BCUT2D eigenvalue weighted by Crippen LogP contribution is 2.32. The van der Waals surface area contributed by atoms with Gasteiger partial charge in [-0.25, -0.2) is 14.6 Å². The molecule has 27 heavy (non-hydrogen) atoms. The molecule has 1 aromatic heterocycles. The van der Waals surface area contributed by atoms with Crippen LogP contribution in [0.5, 0.6) is 5.75 Å². The molecule has 2 aromatic rings. The van der Waals surface area contributed by atoms with Crippen LogP contribution in [0.2, 0.25) is 0 Å². The van der Waals surface area contributed by atoms with Crippen LogP contribution in [0.4, 0.5) is 0 Å². The van der Waals surface area contributed by atoms with Gasteiger partial charge in [0.05, 0.1) is 10.2 Å². The molecule has 1 aromatic carbocycles. The molecule has 9 heteroatoms. The predicted molar refractivity (Wildman–Crippen MR) is 106 cm³/mol. The van der Waals surface area contributed by atoms with E-state index in [2.05, 4.69) is 14.9 Å². The molecule has 0 saturated heterocycles. The number of thioether (sulfide) groups is 1. The van der Waals surface area contributed by atoms with Crippen LogP contribution < -0.4 is 4.74 Å². The van der Waals surface area contributed by atoms with Gasteiger partial charge in [-0.2, -0.15) is 0 Å². The molecule has 2 aliphatic rings. The first-order valence-corrected chi connectivity index (χ1v) is 10.2. The zero-order valence-corrected chi connectivity index (χ0v) is 16.2. The number of aliphatic carboxylic acids is 1. The van der Waals surface area contributed by atoms with E-state index >= 15 is 0 Å². The van der Waals surface area contributed by atoms with Crippen molar-refractivity contribution in [2.24, 2.45) is 4.99 Å². The molecule has 1 atom stereocenters. The van der Waals surface area contributed by atoms with Crippen molar-refractivity contribution in [3.8, 4) is 5.75 Å². The molecule has 1 N–H and O–H groups in total. The lowest BCUT2D eigenvalue weighted by Gasteiger charge is -2.20. The quantitative estimate of drug-likeness (QED) is 0.619. The first-order chi connectivity index (χ1) is 13.0. The van der Waals surface area contributed by atoms with Gasteiger partial charge in [-0.1, -0.05) is 6.08 Å². The number of hydrogen-bond donors (Lipinski definition) is 1. The normalized spacial score (nSPS) is 20.4. The lowest BCUT2D eigenvalue weighted by atomic mass is 10.1. The minimum Gasteiger partial charge on any atom is -0.480 e. The number of fused-ring (bicyclic) bond motifs is 1. The summed E-state index contributed by atoms with van der Waals surface area (Å²) >= 11 is 2.82. The Morgan fingerprint density at radius 2 is 2.22 bits per heavy atom. The van der Waals surface area contributed by atoms with Gasteiger partial charge < -0.3 is 14.7 Å². The van der Waals surface area contributed by atoms with Crippen LogP contribution in [0, 0.1) is 0 Å². The highest BCUT2D eigenvalue weighted by molar-refractivity contribution is 8.15. The number of benzene rings is 1. The van der Waals surface area contributed by atoms with E-state index in [1.165, 1.54) is 23.1 Å². The van der Waals surface area contributed by atoms with Gasteiger partial charge in [-0.05, 0) is 25.6 Å². The van der Waals surface area contributed by atoms with E-state index < -0.39 is 12.0 Å². The first-order valence-electron chi connectivity index (χ1n) is 8.44. The van der Waals surface area contributed by atoms with Crippen LogP contribution in [-0.2, 0) is 9.59 Å². The summed E-state index contributed by atoms with van der Waals surface area (Å²) in [4.78, 5) is 34.3. The largest absolute Gasteiger partial charge is 0.480 e. The topological polar surface area (TPSA) is 92.1 Å². The number of carboxylic acid groups (broad SMARTS) is 1. The Hall–Kier alpha value is -2.23. The van der Waals surface area contributed by atoms with Crippen molar-refractivity contribution in [3.63, 3.8) is 0 Å². The predicted octanol–water partition coefficient (Wildman–Crippen LogP) is 2.41. The van der Waals surface area contributed by atoms with Crippen molar-refractivity contribution < 1.29 is 19.4 Å². The second-order valence-corrected chi connectivity index (χ2v) is 8.42. The molecule has 3 heterocycles. The molecule has 0 aliphatic carbocycles. The van der Waals surface area contributed by atoms with Crippen molar-refractivity contribution in [3.05, 3.63) is 34.9 Å². The van der Waals surface area contributed by atoms with Crippen molar-refractivity contribution >= 4 is 50.3 Å². The highest BCUT2D eigenvalue weighted by Gasteiger charge is 2.27. The van der Waals surface area contributed by atoms with Crippen LogP contribution in [0.1, 0.15) is 11.4 Å². The zero-order valence-electron chi connectivity index (χ0n) is 14.5. The summed E-state index contributed by atoms with van der Waals surface area (Å²) in [5.74, 6) is -0.330. The number of aromatic nitrogens is 1. The molecule has 0 saturated carbocycles. The van der Waals surface area contributed by atoms with Crippen molar-refractivity contribution in [1.29, 1.82) is 0 Å². The molecule has 2 aliphatic heterocycles. The third-order valence-electron chi connectivity index (χ3n) is 4.36. The Morgan fingerprint density at radius 3 is 2.93 bits per heavy atom. The number of nitrogens with zero attached hydrogens (tertiary/aromatic N) is 3. The van der Waals surface area contributed by atoms with Crippen molar-refractivity contribution in [2.75, 3.05) is 25.9 Å². The van der Waals surface area contributed by atoms with Gasteiger partial charge in [0.1, 0.15) is 15.8 Å². The Bertz CT molecular complexity index is 982. The molecule has 0 spiro atoms. The zero-order chi connectivity index (χ0) is 19.0. The number of esters is 1. The maximum Gasteiger partial charge on any atom is 0.339 e. The monoisotopic (exact) mass is 403 g/mol. The molecule has 1 unspecified atom stereocenters. The number of thiazole rings is 1. The Kier molecular flexibility index (Phi) is 4.98. The van der Waals surface area contributed by atoms with Crippen molar-refractivity contribution in [2.45, 2.75) is 12.5 Å². The SMILES string of the molecule is CN1CC=C(C(=O)Oc2ccc3nc(C4=NC(C(=O)O)CS4)sc3c2)CC1. The Balaban J connectivity index is 1.52. The summed E-state index contributed by atoms with van der Waals surface area (Å²) in [5.41, 5.74) is 1.48. The van der Waals surface area contributed by atoms with E-state index in [-0.39, 0.29) is 5.97 Å². The number of carbonyl (C=O) groups is 2. The molecule has 0 bridgehead atoms. The summed E-state index contributed by atoms with van der Waals surface area (Å²) in [6.07, 6.45) is 2.59. The molecular formula is C18H17N3O4S2. The van der Waals surface area contributed by atoms with E-state index in [9.17, 15) is 9.59 Å². The number of aliphatic imine (C=N–C) groups is 1. The molecule has 0 amide bonds. The van der Waals surface area contributed by atoms with Gasteiger partial charge in [-0.3, -0.25) is 4.99 Å². The number of rotatable bonds is 4. The number of carbonyl (C=O) groups excluding carboxylic acids is 1. The smallest absolute Gasteiger partial charge is 0.339 e. The number of likely N-dealkylation sites (N-methyl/N-ethyl adjacent to an activating group) is 1. The van der Waals surface area contributed by atoms with Gasteiger partial charge in [0.15, 0.2) is 6.04 Å². The lowest BCUT2D eigenvalue weighted by molar-refractivity contribution is -0.137. The minimum absolute atomic E-state index is 0.313. The molecule has 4 rings (SSSR count). The third kappa shape index (κ3) is 3.90. The molecule has 7 nitrogen and oxygen atoms in total. The molecule has 140 valence electrons. The Labute approximate surface area is 163 Å².